The van der Waals surface area contributed by atoms with Gasteiger partial charge in [0.2, 0.25) is 0 Å². The van der Waals surface area contributed by atoms with Gasteiger partial charge < -0.3 is 10.2 Å². The van der Waals surface area contributed by atoms with Crippen LogP contribution < -0.4 is 4.24 Å². The van der Waals surface area contributed by atoms with Gasteiger partial charge in [-0.2, -0.15) is 0 Å². The van der Waals surface area contributed by atoms with Crippen LogP contribution in [0.15, 0.2) is 40.8 Å². The molecule has 0 saturated heterocycles. The number of benzene rings is 1. The number of aryl methyl sites for hydroxylation is 1. The summed E-state index contributed by atoms with van der Waals surface area (Å²) >= 11 is 5.03. The molecule has 1 fully saturated rings. The van der Waals surface area contributed by atoms with Crippen LogP contribution in [0, 0.1) is 24.2 Å². The fourth-order valence-electron chi connectivity index (χ4n) is 2.56. The number of rotatable bonds is 5. The summed E-state index contributed by atoms with van der Waals surface area (Å²) < 4.78 is 23.9. The van der Waals surface area contributed by atoms with E-state index in [0.717, 1.165) is 5.56 Å². The molecule has 10 heteroatoms. The third-order valence-electron chi connectivity index (χ3n) is 4.38. The molecular formula is C17H23ClNNaO6S. The Morgan fingerprint density at radius 2 is 1.67 bits per heavy atom. The molecule has 1 aromatic carbocycles. The van der Waals surface area contributed by atoms with Gasteiger partial charge in [0, 0.05) is 5.57 Å². The minimum absolute atomic E-state index is 0. The van der Waals surface area contributed by atoms with Crippen molar-refractivity contribution in [3.8, 4) is 0 Å². The molecule has 7 nitrogen and oxygen atoms in total. The van der Waals surface area contributed by atoms with Crippen molar-refractivity contribution in [3.63, 3.8) is 0 Å². The van der Waals surface area contributed by atoms with Crippen molar-refractivity contribution >= 4 is 63.3 Å². The van der Waals surface area contributed by atoms with Gasteiger partial charge in [0.25, 0.3) is 10.0 Å². The molecule has 3 N–H and O–H groups in total. The molecule has 2 rings (SSSR count). The molecule has 0 heterocycles. The number of carboxylic acid groups (broad SMARTS) is 2. The van der Waals surface area contributed by atoms with Crippen molar-refractivity contribution in [2.75, 3.05) is 0 Å². The summed E-state index contributed by atoms with van der Waals surface area (Å²) in [4.78, 5) is 21.5. The molecule has 1 saturated carbocycles. The molecule has 0 amide bonds. The Morgan fingerprint density at radius 1 is 1.19 bits per heavy atom. The normalized spacial score (nSPS) is 20.6. The summed E-state index contributed by atoms with van der Waals surface area (Å²) in [6.45, 7) is 7.03. The third kappa shape index (κ3) is 6.89. The van der Waals surface area contributed by atoms with E-state index in [1.165, 1.54) is 19.1 Å². The molecule has 1 aromatic rings. The molecule has 2 atom stereocenters. The van der Waals surface area contributed by atoms with E-state index in [1.54, 1.807) is 22.4 Å². The summed E-state index contributed by atoms with van der Waals surface area (Å²) in [6.07, 6.45) is 1.54. The van der Waals surface area contributed by atoms with Gasteiger partial charge >= 0.3 is 41.5 Å². The number of aliphatic carboxylic acids is 2. The zero-order valence-electron chi connectivity index (χ0n) is 14.9. The van der Waals surface area contributed by atoms with Gasteiger partial charge in [-0.25, -0.2) is 13.2 Å². The van der Waals surface area contributed by atoms with Crippen LogP contribution in [0.1, 0.15) is 26.3 Å². The number of sulfonamides is 1. The van der Waals surface area contributed by atoms with Gasteiger partial charge in [-0.3, -0.25) is 4.79 Å². The van der Waals surface area contributed by atoms with Crippen molar-refractivity contribution in [1.29, 1.82) is 0 Å². The Bertz CT molecular complexity index is 820. The van der Waals surface area contributed by atoms with E-state index in [4.69, 9.17) is 22.0 Å². The molecule has 0 aliphatic heterocycles. The number of hydrogen-bond acceptors (Lipinski definition) is 4. The zero-order valence-corrected chi connectivity index (χ0v) is 16.4. The van der Waals surface area contributed by atoms with Crippen LogP contribution >= 0.6 is 11.8 Å². The Labute approximate surface area is 186 Å². The summed E-state index contributed by atoms with van der Waals surface area (Å²) in [6, 6.07) is 6.42. The predicted octanol–water partition coefficient (Wildman–Crippen LogP) is 2.15. The topological polar surface area (TPSA) is 121 Å². The van der Waals surface area contributed by atoms with Gasteiger partial charge in [0.15, 0.2) is 0 Å². The molecule has 1 aliphatic carbocycles. The molecule has 0 aromatic heterocycles. The number of hydrogen-bond donors (Lipinski definition) is 3. The average molecular weight is 428 g/mol. The first kappa shape index (κ1) is 26.1. The Balaban J connectivity index is 0.000000488. The van der Waals surface area contributed by atoms with Crippen molar-refractivity contribution in [1.82, 2.24) is 4.24 Å². The number of allylic oxidation sites excluding steroid dienone is 1. The molecule has 27 heavy (non-hydrogen) atoms. The summed E-state index contributed by atoms with van der Waals surface area (Å²) in [7, 11) is -3.50. The molecule has 1 aliphatic rings. The van der Waals surface area contributed by atoms with Crippen LogP contribution in [0.4, 0.5) is 0 Å². The van der Waals surface area contributed by atoms with Crippen LogP contribution in [0.5, 0.6) is 0 Å². The second kappa shape index (κ2) is 10.0. The molecule has 0 bridgehead atoms. The van der Waals surface area contributed by atoms with Crippen LogP contribution in [0.25, 0.3) is 0 Å². The first-order valence-corrected chi connectivity index (χ1v) is 9.54. The van der Waals surface area contributed by atoms with E-state index in [1.807, 2.05) is 20.8 Å². The monoisotopic (exact) mass is 427 g/mol. The fourth-order valence-corrected chi connectivity index (χ4v) is 3.41. The first-order chi connectivity index (χ1) is 11.8. The Hall–Kier alpha value is -0.900. The van der Waals surface area contributed by atoms with Crippen molar-refractivity contribution < 1.29 is 28.2 Å². The van der Waals surface area contributed by atoms with Gasteiger partial charge in [0.05, 0.1) is 10.8 Å². The zero-order chi connectivity index (χ0) is 20.3. The molecule has 146 valence electrons. The Morgan fingerprint density at radius 3 is 2.00 bits per heavy atom. The van der Waals surface area contributed by atoms with Crippen LogP contribution in [-0.2, 0) is 19.6 Å². The summed E-state index contributed by atoms with van der Waals surface area (Å²) in [5.74, 6) is -2.45. The van der Waals surface area contributed by atoms with Gasteiger partial charge in [-0.1, -0.05) is 37.6 Å². The van der Waals surface area contributed by atoms with E-state index in [-0.39, 0.29) is 51.4 Å². The molecule has 0 spiro atoms. The average Bonchev–Trinajstić information content (AvgIpc) is 3.09. The minimum atomic E-state index is -3.50. The number of carbonyl (C=O) groups is 2. The molecule has 0 radical (unpaired) electrons. The third-order valence-corrected chi connectivity index (χ3v) is 6.08. The standard InChI is InChI=1S/C10H14O4.C7H8ClNO2S.Na.H/c1-5(8(11)12)4-6-7(9(13)14)10(6,2)3;1-6-2-4-7(5-3-6)12(10,11)9-8;;/h4,6-7H,1-3H3,(H,11,12)(H,13,14);2-5,9H,1H3;;/b5-4+;;;. The van der Waals surface area contributed by atoms with E-state index >= 15 is 0 Å². The van der Waals surface area contributed by atoms with Crippen LogP contribution in [0.2, 0.25) is 0 Å². The van der Waals surface area contributed by atoms with Gasteiger partial charge in [-0.15, -0.1) is 4.24 Å². The van der Waals surface area contributed by atoms with E-state index in [0.29, 0.717) is 0 Å². The predicted molar refractivity (Wildman–Crippen MR) is 104 cm³/mol. The fraction of sp³-hybridized carbons (Fsp3) is 0.412. The van der Waals surface area contributed by atoms with Crippen molar-refractivity contribution in [3.05, 3.63) is 41.5 Å². The number of carboxylic acids is 2. The summed E-state index contributed by atoms with van der Waals surface area (Å²) in [5, 5.41) is 17.5. The molecule has 2 unspecified atom stereocenters. The van der Waals surface area contributed by atoms with Gasteiger partial charge in [-0.05, 0) is 49.1 Å². The second-order valence-corrected chi connectivity index (χ2v) is 8.81. The van der Waals surface area contributed by atoms with E-state index < -0.39 is 27.9 Å². The quantitative estimate of drug-likeness (QED) is 0.376. The van der Waals surface area contributed by atoms with Crippen molar-refractivity contribution in [2.45, 2.75) is 32.6 Å². The summed E-state index contributed by atoms with van der Waals surface area (Å²) in [5.41, 5.74) is 0.901. The van der Waals surface area contributed by atoms with Crippen LogP contribution in [0.3, 0.4) is 0 Å². The second-order valence-electron chi connectivity index (χ2n) is 6.71. The maximum absolute atomic E-state index is 11.1. The number of nitrogens with one attached hydrogen (secondary N) is 1. The maximum atomic E-state index is 11.1. The SMILES string of the molecule is C/C(=C\C1C(C(=O)O)C1(C)C)C(=O)O.Cc1ccc(S(=O)(=O)NCl)cc1.[NaH]. The van der Waals surface area contributed by atoms with Crippen LogP contribution in [-0.4, -0.2) is 60.1 Å². The molecular weight excluding hydrogens is 405 g/mol. The Kier molecular flexibility index (Phi) is 9.71. The first-order valence-electron chi connectivity index (χ1n) is 7.68. The van der Waals surface area contributed by atoms with E-state index in [2.05, 4.69) is 0 Å². The van der Waals surface area contributed by atoms with E-state index in [9.17, 15) is 18.0 Å². The number of halogens is 1. The van der Waals surface area contributed by atoms with Gasteiger partial charge in [0.1, 0.15) is 0 Å². The van der Waals surface area contributed by atoms with Crippen molar-refractivity contribution in [2.24, 2.45) is 17.3 Å².